The molecule has 7 rings (SSSR count). The molecule has 0 radical (unpaired) electrons. The maximum absolute atomic E-state index is 2.38. The number of hydrogen-bond donors (Lipinski definition) is 0. The molecule has 0 saturated carbocycles. The van der Waals surface area contributed by atoms with Crippen molar-refractivity contribution in [2.24, 2.45) is 0 Å². The first-order valence-electron chi connectivity index (χ1n) is 14.3. The summed E-state index contributed by atoms with van der Waals surface area (Å²) in [6, 6.07) is 54.5. The number of fused-ring (bicyclic) bond motifs is 1. The van der Waals surface area contributed by atoms with Gasteiger partial charge in [0.05, 0.1) is 0 Å². The Morgan fingerprint density at radius 2 is 1.17 bits per heavy atom. The van der Waals surface area contributed by atoms with Crippen molar-refractivity contribution in [3.05, 3.63) is 181 Å². The van der Waals surface area contributed by atoms with Gasteiger partial charge in [-0.15, -0.1) is 0 Å². The van der Waals surface area contributed by atoms with E-state index in [2.05, 4.69) is 175 Å². The van der Waals surface area contributed by atoms with Crippen LogP contribution >= 0.6 is 0 Å². The minimum absolute atomic E-state index is 0.396. The van der Waals surface area contributed by atoms with Gasteiger partial charge in [0.15, 0.2) is 0 Å². The van der Waals surface area contributed by atoms with E-state index in [4.69, 9.17) is 0 Å². The number of benzene rings is 6. The molecule has 196 valence electrons. The molecule has 1 heteroatoms. The average Bonchev–Trinajstić information content (AvgIpc) is 3.06. The Morgan fingerprint density at radius 3 is 1.90 bits per heavy atom. The molecule has 1 atom stereocenters. The average molecular weight is 526 g/mol. The Bertz CT molecular complexity index is 1850. The summed E-state index contributed by atoms with van der Waals surface area (Å²) in [4.78, 5) is 2.38. The molecule has 0 aliphatic heterocycles. The Hall–Kier alpha value is -5.14. The normalized spacial score (nSPS) is 14.5. The van der Waals surface area contributed by atoms with Crippen LogP contribution in [0.25, 0.3) is 33.0 Å². The topological polar surface area (TPSA) is 3.24 Å². The third-order valence-electron chi connectivity index (χ3n) is 7.99. The van der Waals surface area contributed by atoms with Gasteiger partial charge in [-0.1, -0.05) is 133 Å². The predicted molar refractivity (Wildman–Crippen MR) is 174 cm³/mol. The molecule has 0 aromatic heterocycles. The molecule has 1 aliphatic carbocycles. The van der Waals surface area contributed by atoms with Gasteiger partial charge in [-0.05, 0) is 81.4 Å². The van der Waals surface area contributed by atoms with Crippen molar-refractivity contribution < 1.29 is 0 Å². The fraction of sp³-hybridized carbons (Fsp3) is 0.0500. The number of anilines is 2. The van der Waals surface area contributed by atoms with E-state index in [1.54, 1.807) is 0 Å². The van der Waals surface area contributed by atoms with E-state index >= 15 is 0 Å². The maximum Gasteiger partial charge on any atom is 0.0468 e. The molecule has 6 aromatic carbocycles. The summed E-state index contributed by atoms with van der Waals surface area (Å²) in [6.45, 7) is 0. The molecule has 1 unspecified atom stereocenters. The summed E-state index contributed by atoms with van der Waals surface area (Å²) >= 11 is 0. The van der Waals surface area contributed by atoms with Crippen LogP contribution in [-0.4, -0.2) is 0 Å². The number of hydrogen-bond acceptors (Lipinski definition) is 1. The lowest BCUT2D eigenvalue weighted by atomic mass is 9.90. The second kappa shape index (κ2) is 11.2. The standard InChI is InChI=1S/C40H31N/c1-4-12-30(13-5-1)32-22-24-37(25-23-32)41(36-18-8-3-9-19-36)38-26-27-39(40(29-38)33-15-6-2-7-16-33)35-21-20-31-14-10-11-17-34(31)28-35/h1-22,24-29,32H,23H2. The van der Waals surface area contributed by atoms with E-state index in [0.29, 0.717) is 5.92 Å². The van der Waals surface area contributed by atoms with Crippen LogP contribution in [0.2, 0.25) is 0 Å². The van der Waals surface area contributed by atoms with Crippen molar-refractivity contribution in [1.82, 2.24) is 0 Å². The van der Waals surface area contributed by atoms with Crippen LogP contribution < -0.4 is 4.90 Å². The van der Waals surface area contributed by atoms with Crippen molar-refractivity contribution in [2.45, 2.75) is 12.3 Å². The van der Waals surface area contributed by atoms with Crippen molar-refractivity contribution in [3.63, 3.8) is 0 Å². The van der Waals surface area contributed by atoms with E-state index in [9.17, 15) is 0 Å². The summed E-state index contributed by atoms with van der Waals surface area (Å²) in [5, 5.41) is 2.51. The molecule has 6 aromatic rings. The van der Waals surface area contributed by atoms with Gasteiger partial charge in [-0.3, -0.25) is 0 Å². The number of rotatable bonds is 6. The highest BCUT2D eigenvalue weighted by molar-refractivity contribution is 5.93. The Kier molecular flexibility index (Phi) is 6.77. The second-order valence-electron chi connectivity index (χ2n) is 10.6. The van der Waals surface area contributed by atoms with E-state index < -0.39 is 0 Å². The molecule has 1 nitrogen and oxygen atoms in total. The summed E-state index contributed by atoms with van der Waals surface area (Å²) < 4.78 is 0. The predicted octanol–water partition coefficient (Wildman–Crippen LogP) is 10.9. The molecular weight excluding hydrogens is 494 g/mol. The summed E-state index contributed by atoms with van der Waals surface area (Å²) in [5.74, 6) is 0.396. The van der Waals surface area contributed by atoms with Crippen LogP contribution in [0.1, 0.15) is 17.9 Å². The van der Waals surface area contributed by atoms with Crippen LogP contribution in [0.5, 0.6) is 0 Å². The van der Waals surface area contributed by atoms with Gasteiger partial charge in [-0.25, -0.2) is 0 Å². The SMILES string of the molecule is C1=CC(c2ccccc2)CC=C1N(c1ccccc1)c1ccc(-c2ccc3ccccc3c2)c(-c2ccccc2)c1. The fourth-order valence-electron chi connectivity index (χ4n) is 5.88. The lowest BCUT2D eigenvalue weighted by Crippen LogP contribution is -2.17. The zero-order chi connectivity index (χ0) is 27.4. The molecule has 0 heterocycles. The highest BCUT2D eigenvalue weighted by atomic mass is 15.1. The molecule has 1 aliphatic rings. The van der Waals surface area contributed by atoms with Crippen molar-refractivity contribution in [1.29, 1.82) is 0 Å². The monoisotopic (exact) mass is 525 g/mol. The smallest absolute Gasteiger partial charge is 0.0468 e. The number of para-hydroxylation sites is 1. The van der Waals surface area contributed by atoms with Crippen LogP contribution in [0.15, 0.2) is 176 Å². The van der Waals surface area contributed by atoms with Gasteiger partial charge in [0.25, 0.3) is 0 Å². The highest BCUT2D eigenvalue weighted by Crippen LogP contribution is 2.40. The Morgan fingerprint density at radius 1 is 0.488 bits per heavy atom. The van der Waals surface area contributed by atoms with Crippen molar-refractivity contribution in [3.8, 4) is 22.3 Å². The zero-order valence-electron chi connectivity index (χ0n) is 22.9. The number of nitrogens with zero attached hydrogens (tertiary/aromatic N) is 1. The quantitative estimate of drug-likeness (QED) is 0.209. The van der Waals surface area contributed by atoms with Crippen molar-refractivity contribution >= 4 is 22.1 Å². The van der Waals surface area contributed by atoms with E-state index in [1.165, 1.54) is 44.3 Å². The van der Waals surface area contributed by atoms with Gasteiger partial charge in [0, 0.05) is 23.0 Å². The molecule has 0 bridgehead atoms. The first-order chi connectivity index (χ1) is 20.3. The Labute approximate surface area is 242 Å². The molecule has 41 heavy (non-hydrogen) atoms. The lowest BCUT2D eigenvalue weighted by molar-refractivity contribution is 0.840. The van der Waals surface area contributed by atoms with Gasteiger partial charge in [0.1, 0.15) is 0 Å². The van der Waals surface area contributed by atoms with E-state index in [-0.39, 0.29) is 0 Å². The van der Waals surface area contributed by atoms with Crippen LogP contribution in [-0.2, 0) is 0 Å². The maximum atomic E-state index is 2.38. The van der Waals surface area contributed by atoms with E-state index in [0.717, 1.165) is 17.8 Å². The van der Waals surface area contributed by atoms with E-state index in [1.807, 2.05) is 0 Å². The lowest BCUT2D eigenvalue weighted by Gasteiger charge is -2.30. The molecule has 0 spiro atoms. The molecule has 0 fully saturated rings. The van der Waals surface area contributed by atoms with Crippen LogP contribution in [0.4, 0.5) is 11.4 Å². The van der Waals surface area contributed by atoms with Crippen molar-refractivity contribution in [2.75, 3.05) is 4.90 Å². The third-order valence-corrected chi connectivity index (χ3v) is 7.99. The molecule has 0 N–H and O–H groups in total. The minimum Gasteiger partial charge on any atom is -0.311 e. The molecule has 0 amide bonds. The third kappa shape index (κ3) is 5.11. The van der Waals surface area contributed by atoms with Gasteiger partial charge in [0.2, 0.25) is 0 Å². The second-order valence-corrected chi connectivity index (χ2v) is 10.6. The first kappa shape index (κ1) is 24.9. The summed E-state index contributed by atoms with van der Waals surface area (Å²) in [6.07, 6.45) is 7.99. The van der Waals surface area contributed by atoms with Crippen LogP contribution in [0.3, 0.4) is 0 Å². The number of allylic oxidation sites excluding steroid dienone is 3. The van der Waals surface area contributed by atoms with Crippen LogP contribution in [0, 0.1) is 0 Å². The first-order valence-corrected chi connectivity index (χ1v) is 14.3. The summed E-state index contributed by atoms with van der Waals surface area (Å²) in [5.41, 5.74) is 9.74. The molecule has 0 saturated heterocycles. The van der Waals surface area contributed by atoms with Gasteiger partial charge in [-0.2, -0.15) is 0 Å². The van der Waals surface area contributed by atoms with Gasteiger partial charge < -0.3 is 4.90 Å². The van der Waals surface area contributed by atoms with Gasteiger partial charge >= 0.3 is 0 Å². The Balaban J connectivity index is 1.34. The summed E-state index contributed by atoms with van der Waals surface area (Å²) in [7, 11) is 0. The fourth-order valence-corrected chi connectivity index (χ4v) is 5.88. The highest BCUT2D eigenvalue weighted by Gasteiger charge is 2.20. The molecular formula is C40H31N. The minimum atomic E-state index is 0.396. The zero-order valence-corrected chi connectivity index (χ0v) is 22.9. The largest absolute Gasteiger partial charge is 0.311 e.